The van der Waals surface area contributed by atoms with E-state index in [0.29, 0.717) is 0 Å². The van der Waals surface area contributed by atoms with Crippen LogP contribution in [-0.4, -0.2) is 19.8 Å². The lowest BCUT2D eigenvalue weighted by molar-refractivity contribution is 0.846. The summed E-state index contributed by atoms with van der Waals surface area (Å²) in [5.74, 6) is 0.853. The quantitative estimate of drug-likeness (QED) is 0.515. The van der Waals surface area contributed by atoms with Crippen molar-refractivity contribution in [1.29, 1.82) is 0 Å². The van der Waals surface area contributed by atoms with E-state index in [-0.39, 0.29) is 0 Å². The summed E-state index contributed by atoms with van der Waals surface area (Å²) in [5.41, 5.74) is 3.57. The van der Waals surface area contributed by atoms with Gasteiger partial charge in [-0.15, -0.1) is 10.2 Å². The van der Waals surface area contributed by atoms with E-state index in [1.807, 2.05) is 53.1 Å². The summed E-state index contributed by atoms with van der Waals surface area (Å²) in [7, 11) is 0. The Balaban J connectivity index is 1.60. The van der Waals surface area contributed by atoms with Crippen LogP contribution in [0.15, 0.2) is 48.5 Å². The second-order valence-electron chi connectivity index (χ2n) is 5.74. The van der Waals surface area contributed by atoms with Crippen molar-refractivity contribution in [3.05, 3.63) is 81.1 Å². The Morgan fingerprint density at radius 3 is 2.64 bits per heavy atom. The van der Waals surface area contributed by atoms with E-state index >= 15 is 0 Å². The molecule has 0 spiro atoms. The van der Waals surface area contributed by atoms with Crippen molar-refractivity contribution >= 4 is 40.1 Å². The molecule has 0 N–H and O–H groups in total. The summed E-state index contributed by atoms with van der Waals surface area (Å²) in [6, 6.07) is 16.0. The summed E-state index contributed by atoms with van der Waals surface area (Å²) >= 11 is 7.43. The van der Waals surface area contributed by atoms with Gasteiger partial charge < -0.3 is 0 Å². The standard InChI is InChI=1S/C19H15ClN4S/c1-13-4-2-3-5-15(13)12-17-21-22-19-24(17)23-18(25-19)11-8-14-6-9-16(20)10-7-14/h2-11H,12H2,1H3/b11-8+. The minimum Gasteiger partial charge on any atom is -0.187 e. The predicted octanol–water partition coefficient (Wildman–Crippen LogP) is 4.91. The van der Waals surface area contributed by atoms with Gasteiger partial charge in [0.2, 0.25) is 4.96 Å². The van der Waals surface area contributed by atoms with E-state index in [9.17, 15) is 0 Å². The minimum absolute atomic E-state index is 0.720. The molecule has 25 heavy (non-hydrogen) atoms. The van der Waals surface area contributed by atoms with E-state index in [1.165, 1.54) is 22.5 Å². The van der Waals surface area contributed by atoms with Gasteiger partial charge in [0.1, 0.15) is 5.01 Å². The van der Waals surface area contributed by atoms with Crippen LogP contribution in [0, 0.1) is 6.92 Å². The van der Waals surface area contributed by atoms with Crippen LogP contribution in [0.5, 0.6) is 0 Å². The molecular formula is C19H15ClN4S. The van der Waals surface area contributed by atoms with Crippen LogP contribution in [0.4, 0.5) is 0 Å². The van der Waals surface area contributed by atoms with Crippen LogP contribution >= 0.6 is 22.9 Å². The predicted molar refractivity (Wildman–Crippen MR) is 103 cm³/mol. The molecule has 2 aromatic carbocycles. The maximum absolute atomic E-state index is 5.91. The number of aryl methyl sites for hydroxylation is 1. The van der Waals surface area contributed by atoms with Gasteiger partial charge >= 0.3 is 0 Å². The second-order valence-corrected chi connectivity index (χ2v) is 7.16. The lowest BCUT2D eigenvalue weighted by Crippen LogP contribution is -1.99. The van der Waals surface area contributed by atoms with Crippen molar-refractivity contribution in [1.82, 2.24) is 19.8 Å². The van der Waals surface area contributed by atoms with Gasteiger partial charge in [0, 0.05) is 11.4 Å². The van der Waals surface area contributed by atoms with E-state index in [0.717, 1.165) is 32.8 Å². The Bertz CT molecular complexity index is 1050. The lowest BCUT2D eigenvalue weighted by Gasteiger charge is -2.02. The van der Waals surface area contributed by atoms with Crippen molar-refractivity contribution in [3.63, 3.8) is 0 Å². The van der Waals surface area contributed by atoms with Crippen LogP contribution in [0.3, 0.4) is 0 Å². The summed E-state index contributed by atoms with van der Waals surface area (Å²) in [5, 5.41) is 14.8. The highest BCUT2D eigenvalue weighted by atomic mass is 35.5. The average molecular weight is 367 g/mol. The molecule has 0 unspecified atom stereocenters. The van der Waals surface area contributed by atoms with Gasteiger partial charge in [0.05, 0.1) is 0 Å². The zero-order valence-electron chi connectivity index (χ0n) is 13.6. The number of halogens is 1. The summed E-state index contributed by atoms with van der Waals surface area (Å²) in [4.78, 5) is 0.805. The van der Waals surface area contributed by atoms with Crippen LogP contribution in [0.2, 0.25) is 5.02 Å². The normalized spacial score (nSPS) is 11.6. The average Bonchev–Trinajstić information content (AvgIpc) is 3.18. The molecule has 4 aromatic rings. The number of nitrogens with zero attached hydrogens (tertiary/aromatic N) is 4. The fraction of sp³-hybridized carbons (Fsp3) is 0.105. The van der Waals surface area contributed by atoms with Gasteiger partial charge in [-0.25, -0.2) is 0 Å². The Labute approximate surface area is 154 Å². The fourth-order valence-electron chi connectivity index (χ4n) is 2.57. The third kappa shape index (κ3) is 3.48. The molecule has 0 saturated heterocycles. The van der Waals surface area contributed by atoms with Gasteiger partial charge in [-0.05, 0) is 41.8 Å². The topological polar surface area (TPSA) is 43.1 Å². The summed E-state index contributed by atoms with van der Waals surface area (Å²) in [6.07, 6.45) is 4.72. The summed E-state index contributed by atoms with van der Waals surface area (Å²) < 4.78 is 1.83. The number of fused-ring (bicyclic) bond motifs is 1. The van der Waals surface area contributed by atoms with Crippen molar-refractivity contribution in [3.8, 4) is 0 Å². The number of hydrogen-bond donors (Lipinski definition) is 0. The molecule has 2 heterocycles. The van der Waals surface area contributed by atoms with Crippen molar-refractivity contribution < 1.29 is 0 Å². The smallest absolute Gasteiger partial charge is 0.187 e. The first kappa shape index (κ1) is 16.0. The monoisotopic (exact) mass is 366 g/mol. The van der Waals surface area contributed by atoms with E-state index in [2.05, 4.69) is 34.4 Å². The molecule has 0 atom stereocenters. The van der Waals surface area contributed by atoms with Crippen molar-refractivity contribution in [2.45, 2.75) is 13.3 Å². The Morgan fingerprint density at radius 1 is 1.04 bits per heavy atom. The maximum Gasteiger partial charge on any atom is 0.234 e. The van der Waals surface area contributed by atoms with Gasteiger partial charge in [-0.2, -0.15) is 9.61 Å². The molecule has 0 amide bonds. The first-order valence-corrected chi connectivity index (χ1v) is 9.08. The van der Waals surface area contributed by atoms with Crippen LogP contribution in [0.1, 0.15) is 27.5 Å². The maximum atomic E-state index is 5.91. The molecule has 2 aromatic heterocycles. The highest BCUT2D eigenvalue weighted by Crippen LogP contribution is 2.19. The van der Waals surface area contributed by atoms with Gasteiger partial charge in [0.15, 0.2) is 5.82 Å². The number of rotatable bonds is 4. The first-order chi connectivity index (χ1) is 12.2. The molecule has 0 bridgehead atoms. The highest BCUT2D eigenvalue weighted by molar-refractivity contribution is 7.17. The molecule has 124 valence electrons. The molecule has 0 radical (unpaired) electrons. The number of aromatic nitrogens is 4. The van der Waals surface area contributed by atoms with E-state index < -0.39 is 0 Å². The van der Waals surface area contributed by atoms with Crippen LogP contribution in [-0.2, 0) is 6.42 Å². The molecule has 6 heteroatoms. The molecular weight excluding hydrogens is 352 g/mol. The van der Waals surface area contributed by atoms with Crippen LogP contribution < -0.4 is 0 Å². The summed E-state index contributed by atoms with van der Waals surface area (Å²) in [6.45, 7) is 2.11. The van der Waals surface area contributed by atoms with Crippen molar-refractivity contribution in [2.24, 2.45) is 0 Å². The minimum atomic E-state index is 0.720. The fourth-order valence-corrected chi connectivity index (χ4v) is 3.46. The van der Waals surface area contributed by atoms with Crippen LogP contribution in [0.25, 0.3) is 17.1 Å². The highest BCUT2D eigenvalue weighted by Gasteiger charge is 2.11. The SMILES string of the molecule is Cc1ccccc1Cc1nnc2sc(/C=C/c3ccc(Cl)cc3)nn12. The van der Waals surface area contributed by atoms with Gasteiger partial charge in [0.25, 0.3) is 0 Å². The zero-order chi connectivity index (χ0) is 17.2. The Morgan fingerprint density at radius 2 is 1.84 bits per heavy atom. The number of hydrogen-bond acceptors (Lipinski definition) is 4. The van der Waals surface area contributed by atoms with Crippen molar-refractivity contribution in [2.75, 3.05) is 0 Å². The molecule has 0 aliphatic carbocycles. The second kappa shape index (κ2) is 6.78. The van der Waals surface area contributed by atoms with Gasteiger partial charge in [-0.1, -0.05) is 65.4 Å². The molecule has 0 saturated carbocycles. The Kier molecular flexibility index (Phi) is 4.34. The third-order valence-electron chi connectivity index (χ3n) is 3.97. The number of benzene rings is 2. The molecule has 4 nitrogen and oxygen atoms in total. The lowest BCUT2D eigenvalue weighted by atomic mass is 10.1. The first-order valence-electron chi connectivity index (χ1n) is 7.88. The molecule has 0 fully saturated rings. The largest absolute Gasteiger partial charge is 0.234 e. The van der Waals surface area contributed by atoms with E-state index in [1.54, 1.807) is 0 Å². The molecule has 0 aliphatic rings. The van der Waals surface area contributed by atoms with Gasteiger partial charge in [-0.3, -0.25) is 0 Å². The molecule has 0 aliphatic heterocycles. The Hall–Kier alpha value is -2.50. The molecule has 4 rings (SSSR count). The third-order valence-corrected chi connectivity index (χ3v) is 5.09. The zero-order valence-corrected chi connectivity index (χ0v) is 15.1. The van der Waals surface area contributed by atoms with E-state index in [4.69, 9.17) is 11.6 Å².